The van der Waals surface area contributed by atoms with Crippen molar-refractivity contribution in [1.82, 2.24) is 20.0 Å². The van der Waals surface area contributed by atoms with Gasteiger partial charge in [-0.15, -0.1) is 0 Å². The van der Waals surface area contributed by atoms with E-state index in [2.05, 4.69) is 27.1 Å². The molecular formula is C31H50N6O3. The molecule has 0 bridgehead atoms. The highest BCUT2D eigenvalue weighted by Crippen LogP contribution is 2.50. The first-order valence-corrected chi connectivity index (χ1v) is 16.3. The van der Waals surface area contributed by atoms with Gasteiger partial charge < -0.3 is 31.3 Å². The molecule has 10 unspecified atom stereocenters. The van der Waals surface area contributed by atoms with Crippen LogP contribution in [0.15, 0.2) is 11.8 Å². The Bertz CT molecular complexity index is 1020. The lowest BCUT2D eigenvalue weighted by Crippen LogP contribution is -2.75. The van der Waals surface area contributed by atoms with E-state index in [4.69, 9.17) is 16.2 Å². The van der Waals surface area contributed by atoms with Gasteiger partial charge in [0, 0.05) is 49.9 Å². The topological polar surface area (TPSA) is 117 Å². The third-order valence-electron chi connectivity index (χ3n) is 11.9. The smallest absolute Gasteiger partial charge is 0.256 e. The number of nitrogens with two attached hydrogens (primary N) is 2. The highest BCUT2D eigenvalue weighted by molar-refractivity contribution is 6.20. The summed E-state index contributed by atoms with van der Waals surface area (Å²) in [7, 11) is 2.16. The van der Waals surface area contributed by atoms with Crippen LogP contribution >= 0.6 is 0 Å². The first-order chi connectivity index (χ1) is 19.4. The van der Waals surface area contributed by atoms with E-state index in [0.29, 0.717) is 24.6 Å². The molecule has 1 amide bonds. The molecule has 40 heavy (non-hydrogen) atoms. The summed E-state index contributed by atoms with van der Waals surface area (Å²) in [5.41, 5.74) is 13.6. The van der Waals surface area contributed by atoms with Crippen molar-refractivity contribution >= 4 is 11.7 Å². The van der Waals surface area contributed by atoms with Gasteiger partial charge in [0.1, 0.15) is 0 Å². The number of rotatable bonds is 5. The van der Waals surface area contributed by atoms with Crippen molar-refractivity contribution < 1.29 is 14.3 Å². The largest absolute Gasteiger partial charge is 0.369 e. The van der Waals surface area contributed by atoms with Crippen LogP contribution in [0.1, 0.15) is 70.6 Å². The molecule has 3 aliphatic carbocycles. The number of hydrogen-bond donors (Lipinski definition) is 3. The molecule has 7 rings (SSSR count). The Hall–Kier alpha value is -1.52. The normalized spacial score (nSPS) is 45.5. The fourth-order valence-corrected chi connectivity index (χ4v) is 9.87. The van der Waals surface area contributed by atoms with Crippen molar-refractivity contribution in [2.75, 3.05) is 33.2 Å². The van der Waals surface area contributed by atoms with E-state index >= 15 is 0 Å². The Morgan fingerprint density at radius 1 is 1.02 bits per heavy atom. The van der Waals surface area contributed by atoms with Gasteiger partial charge in [0.15, 0.2) is 5.78 Å². The van der Waals surface area contributed by atoms with E-state index in [0.717, 1.165) is 57.2 Å². The van der Waals surface area contributed by atoms with E-state index in [-0.39, 0.29) is 60.0 Å². The summed E-state index contributed by atoms with van der Waals surface area (Å²) in [6.07, 6.45) is 14.3. The zero-order valence-electron chi connectivity index (χ0n) is 24.3. The van der Waals surface area contributed by atoms with Crippen molar-refractivity contribution in [3.8, 4) is 0 Å². The molecule has 6 fully saturated rings. The van der Waals surface area contributed by atoms with E-state index < -0.39 is 0 Å². The molecule has 0 aromatic carbocycles. The third kappa shape index (κ3) is 4.74. The van der Waals surface area contributed by atoms with Crippen molar-refractivity contribution in [3.05, 3.63) is 11.8 Å². The molecular weight excluding hydrogens is 504 g/mol. The number of fused-ring (bicyclic) bond motifs is 3. The van der Waals surface area contributed by atoms with Gasteiger partial charge in [0.25, 0.3) is 5.91 Å². The molecule has 3 saturated carbocycles. The zero-order valence-corrected chi connectivity index (χ0v) is 24.3. The first-order valence-electron chi connectivity index (χ1n) is 16.3. The number of nitrogens with zero attached hydrogens (tertiary/aromatic N) is 3. The van der Waals surface area contributed by atoms with Gasteiger partial charge in [0.05, 0.1) is 35.9 Å². The SMILES string of the molecule is CN1CCCC1CCNC(=O)C1=CN2C3CC4CCCCC4CC3OC3C(N4CC[C@H](N)C4)C(N)CC(C1=O)C32. The van der Waals surface area contributed by atoms with Crippen molar-refractivity contribution in [1.29, 1.82) is 0 Å². The van der Waals surface area contributed by atoms with Gasteiger partial charge in [-0.3, -0.25) is 14.5 Å². The minimum absolute atomic E-state index is 0.0397. The number of hydrogen-bond acceptors (Lipinski definition) is 8. The Labute approximate surface area is 239 Å². The predicted molar refractivity (Wildman–Crippen MR) is 153 cm³/mol. The summed E-state index contributed by atoms with van der Waals surface area (Å²) in [4.78, 5) is 34.8. The quantitative estimate of drug-likeness (QED) is 0.434. The Kier molecular flexibility index (Phi) is 7.48. The monoisotopic (exact) mass is 554 g/mol. The number of likely N-dealkylation sites (tertiary alicyclic amines) is 2. The van der Waals surface area contributed by atoms with E-state index in [1.807, 2.05) is 6.20 Å². The van der Waals surface area contributed by atoms with Crippen molar-refractivity contribution in [2.24, 2.45) is 29.2 Å². The maximum absolute atomic E-state index is 14.0. The number of morpholine rings is 1. The lowest BCUT2D eigenvalue weighted by Gasteiger charge is -2.62. The molecule has 3 saturated heterocycles. The molecule has 4 heterocycles. The number of carbonyl (C=O) groups excluding carboxylic acids is 2. The van der Waals surface area contributed by atoms with Crippen LogP contribution in [-0.2, 0) is 14.3 Å². The van der Waals surface area contributed by atoms with Crippen LogP contribution < -0.4 is 16.8 Å². The summed E-state index contributed by atoms with van der Waals surface area (Å²) in [5, 5.41) is 3.12. The van der Waals surface area contributed by atoms with E-state index in [1.54, 1.807) is 0 Å². The van der Waals surface area contributed by atoms with Crippen LogP contribution in [0.2, 0.25) is 0 Å². The van der Waals surface area contributed by atoms with Crippen molar-refractivity contribution in [2.45, 2.75) is 119 Å². The van der Waals surface area contributed by atoms with Crippen LogP contribution in [-0.4, -0.2) is 108 Å². The average Bonchev–Trinajstić information content (AvgIpc) is 3.56. The minimum atomic E-state index is -0.302. The number of ether oxygens (including phenoxy) is 1. The number of carbonyl (C=O) groups is 2. The second-order valence-corrected chi connectivity index (χ2v) is 14.2. The van der Waals surface area contributed by atoms with Crippen LogP contribution in [0.3, 0.4) is 0 Å². The first kappa shape index (κ1) is 27.3. The lowest BCUT2D eigenvalue weighted by atomic mass is 9.64. The standard InChI is InChI=1S/C31H50N6O3/c1-35-11-4-7-21(35)8-10-34-31(39)23-17-37-25-13-18-5-2-3-6-19(18)14-26(25)40-30-27(37)22(29(23)38)15-24(33)28(30)36-12-9-20(32)16-36/h17-22,24-28,30H,2-16,32-33H2,1H3,(H,34,39)/t18?,19?,20-,21?,22?,24?,25?,26?,27?,28?,30?/m0/s1. The molecule has 5 N–H and O–H groups in total. The molecule has 7 aliphatic rings. The van der Waals surface area contributed by atoms with Crippen LogP contribution in [0.5, 0.6) is 0 Å². The average molecular weight is 555 g/mol. The Morgan fingerprint density at radius 3 is 2.55 bits per heavy atom. The highest BCUT2D eigenvalue weighted by Gasteiger charge is 2.60. The maximum atomic E-state index is 14.0. The molecule has 4 aliphatic heterocycles. The number of nitrogens with one attached hydrogen (secondary N) is 1. The fraction of sp³-hybridized carbons (Fsp3) is 0.871. The van der Waals surface area contributed by atoms with E-state index in [1.165, 1.54) is 38.5 Å². The summed E-state index contributed by atoms with van der Waals surface area (Å²) in [6.45, 7) is 3.49. The second-order valence-electron chi connectivity index (χ2n) is 14.2. The highest BCUT2D eigenvalue weighted by atomic mass is 16.5. The zero-order chi connectivity index (χ0) is 27.5. The molecule has 0 radical (unpaired) electrons. The summed E-state index contributed by atoms with van der Waals surface area (Å²) >= 11 is 0. The molecule has 9 heteroatoms. The predicted octanol–water partition coefficient (Wildman–Crippen LogP) is 1.21. The molecule has 0 aromatic rings. The van der Waals surface area contributed by atoms with Gasteiger partial charge in [-0.2, -0.15) is 0 Å². The third-order valence-corrected chi connectivity index (χ3v) is 11.9. The molecule has 11 atom stereocenters. The fourth-order valence-electron chi connectivity index (χ4n) is 9.87. The van der Waals surface area contributed by atoms with Crippen LogP contribution in [0.25, 0.3) is 0 Å². The Balaban J connectivity index is 1.17. The molecule has 0 aromatic heterocycles. The summed E-state index contributed by atoms with van der Waals surface area (Å²) < 4.78 is 7.10. The number of ketones is 1. The maximum Gasteiger partial charge on any atom is 0.256 e. The summed E-state index contributed by atoms with van der Waals surface area (Å²) in [6, 6.07) is 0.732. The molecule has 222 valence electrons. The van der Waals surface area contributed by atoms with Crippen LogP contribution in [0, 0.1) is 17.8 Å². The van der Waals surface area contributed by atoms with Gasteiger partial charge in [0.2, 0.25) is 0 Å². The van der Waals surface area contributed by atoms with Crippen molar-refractivity contribution in [3.63, 3.8) is 0 Å². The molecule has 9 nitrogen and oxygen atoms in total. The molecule has 0 spiro atoms. The number of Topliss-reactive ketones (excluding diaryl/α,β-unsaturated/α-hetero) is 1. The summed E-state index contributed by atoms with van der Waals surface area (Å²) in [5.74, 6) is 0.895. The van der Waals surface area contributed by atoms with Gasteiger partial charge in [-0.05, 0) is 70.4 Å². The minimum Gasteiger partial charge on any atom is -0.369 e. The van der Waals surface area contributed by atoms with Gasteiger partial charge >= 0.3 is 0 Å². The second kappa shape index (κ2) is 11.0. The van der Waals surface area contributed by atoms with Gasteiger partial charge in [-0.1, -0.05) is 25.7 Å². The Morgan fingerprint density at radius 2 is 1.82 bits per heavy atom. The number of amides is 1. The van der Waals surface area contributed by atoms with Gasteiger partial charge in [-0.25, -0.2) is 0 Å². The van der Waals surface area contributed by atoms with E-state index in [9.17, 15) is 9.59 Å². The van der Waals surface area contributed by atoms with Crippen LogP contribution in [0.4, 0.5) is 0 Å². The lowest BCUT2D eigenvalue weighted by molar-refractivity contribution is -0.212.